The van der Waals surface area contributed by atoms with E-state index in [0.717, 1.165) is 32.7 Å². The smallest absolute Gasteiger partial charge is 0.245 e. The summed E-state index contributed by atoms with van der Waals surface area (Å²) in [7, 11) is 0. The molecule has 0 saturated carbocycles. The Morgan fingerprint density at radius 3 is 2.45 bits per heavy atom. The van der Waals surface area contributed by atoms with Gasteiger partial charge in [0.05, 0.1) is 0 Å². The molecule has 2 amide bonds. The standard InChI is InChI=1S/C17H23N3O2/c1-13-2-4-14(5-3-13)12-19-8-10-20(11-9-19)17(22)15-6-7-16(21)18-15/h2-5,15H,6-12H2,1H3,(H,18,21)/t15-/m1/s1. The molecule has 22 heavy (non-hydrogen) atoms. The first-order chi connectivity index (χ1) is 10.6. The van der Waals surface area contributed by atoms with Crippen LogP contribution in [-0.4, -0.2) is 53.8 Å². The van der Waals surface area contributed by atoms with Gasteiger partial charge in [-0.05, 0) is 18.9 Å². The molecule has 5 heteroatoms. The molecule has 0 radical (unpaired) electrons. The Morgan fingerprint density at radius 2 is 1.86 bits per heavy atom. The largest absolute Gasteiger partial charge is 0.344 e. The number of hydrogen-bond acceptors (Lipinski definition) is 3. The van der Waals surface area contributed by atoms with E-state index >= 15 is 0 Å². The Morgan fingerprint density at radius 1 is 1.18 bits per heavy atom. The van der Waals surface area contributed by atoms with E-state index < -0.39 is 0 Å². The van der Waals surface area contributed by atoms with Gasteiger partial charge < -0.3 is 10.2 Å². The number of hydrogen-bond donors (Lipinski definition) is 1. The van der Waals surface area contributed by atoms with Crippen LogP contribution < -0.4 is 5.32 Å². The van der Waals surface area contributed by atoms with E-state index in [1.54, 1.807) is 0 Å². The van der Waals surface area contributed by atoms with Crippen molar-refractivity contribution < 1.29 is 9.59 Å². The minimum atomic E-state index is -0.295. The van der Waals surface area contributed by atoms with Gasteiger partial charge in [-0.15, -0.1) is 0 Å². The van der Waals surface area contributed by atoms with E-state index in [9.17, 15) is 9.59 Å². The lowest BCUT2D eigenvalue weighted by Gasteiger charge is -2.35. The Balaban J connectivity index is 1.48. The van der Waals surface area contributed by atoms with Gasteiger partial charge in [-0.2, -0.15) is 0 Å². The van der Waals surface area contributed by atoms with Crippen LogP contribution in [0.3, 0.4) is 0 Å². The molecule has 2 aliphatic heterocycles. The fraction of sp³-hybridized carbons (Fsp3) is 0.529. The van der Waals surface area contributed by atoms with Crippen molar-refractivity contribution in [1.29, 1.82) is 0 Å². The number of amides is 2. The molecule has 118 valence electrons. The number of carbonyl (C=O) groups is 2. The summed E-state index contributed by atoms with van der Waals surface area (Å²) in [5.74, 6) is 0.0807. The number of carbonyl (C=O) groups excluding carboxylic acids is 2. The molecular weight excluding hydrogens is 278 g/mol. The van der Waals surface area contributed by atoms with Crippen molar-refractivity contribution in [2.24, 2.45) is 0 Å². The maximum Gasteiger partial charge on any atom is 0.245 e. The van der Waals surface area contributed by atoms with Crippen molar-refractivity contribution in [3.05, 3.63) is 35.4 Å². The van der Waals surface area contributed by atoms with E-state index in [1.165, 1.54) is 11.1 Å². The summed E-state index contributed by atoms with van der Waals surface area (Å²) < 4.78 is 0. The Labute approximate surface area is 131 Å². The van der Waals surface area contributed by atoms with Crippen LogP contribution in [0.25, 0.3) is 0 Å². The highest BCUT2D eigenvalue weighted by atomic mass is 16.2. The highest BCUT2D eigenvalue weighted by molar-refractivity contribution is 5.90. The Kier molecular flexibility index (Phi) is 4.43. The second kappa shape index (κ2) is 6.48. The number of rotatable bonds is 3. The van der Waals surface area contributed by atoms with Crippen LogP contribution in [0.5, 0.6) is 0 Å². The highest BCUT2D eigenvalue weighted by Crippen LogP contribution is 2.14. The summed E-state index contributed by atoms with van der Waals surface area (Å²) >= 11 is 0. The molecular formula is C17H23N3O2. The summed E-state index contributed by atoms with van der Waals surface area (Å²) in [6.07, 6.45) is 1.12. The molecule has 0 aromatic heterocycles. The highest BCUT2D eigenvalue weighted by Gasteiger charge is 2.32. The zero-order valence-electron chi connectivity index (χ0n) is 13.0. The molecule has 0 spiro atoms. The normalized spacial score (nSPS) is 22.7. The summed E-state index contributed by atoms with van der Waals surface area (Å²) in [6, 6.07) is 8.31. The van der Waals surface area contributed by atoms with E-state index in [2.05, 4.69) is 41.4 Å². The van der Waals surface area contributed by atoms with Crippen molar-refractivity contribution in [3.63, 3.8) is 0 Å². The van der Waals surface area contributed by atoms with Crippen LogP contribution in [0.1, 0.15) is 24.0 Å². The molecule has 0 bridgehead atoms. The molecule has 2 saturated heterocycles. The SMILES string of the molecule is Cc1ccc(CN2CCN(C(=O)[C@H]3CCC(=O)N3)CC2)cc1. The number of nitrogens with one attached hydrogen (secondary N) is 1. The second-order valence-electron chi connectivity index (χ2n) is 6.25. The molecule has 2 aliphatic rings. The average Bonchev–Trinajstić information content (AvgIpc) is 2.96. The lowest BCUT2D eigenvalue weighted by molar-refractivity contribution is -0.136. The van der Waals surface area contributed by atoms with Crippen LogP contribution >= 0.6 is 0 Å². The molecule has 1 aromatic carbocycles. The number of aryl methyl sites for hydroxylation is 1. The fourth-order valence-corrected chi connectivity index (χ4v) is 3.10. The Hall–Kier alpha value is -1.88. The summed E-state index contributed by atoms with van der Waals surface area (Å²) in [6.45, 7) is 6.30. The molecule has 1 N–H and O–H groups in total. The van der Waals surface area contributed by atoms with Gasteiger partial charge in [0.25, 0.3) is 0 Å². The van der Waals surface area contributed by atoms with Crippen LogP contribution in [0.15, 0.2) is 24.3 Å². The first-order valence-electron chi connectivity index (χ1n) is 7.98. The van der Waals surface area contributed by atoms with Crippen LogP contribution in [0.4, 0.5) is 0 Å². The van der Waals surface area contributed by atoms with Crippen LogP contribution in [-0.2, 0) is 16.1 Å². The molecule has 2 heterocycles. The van der Waals surface area contributed by atoms with Gasteiger partial charge in [0, 0.05) is 39.1 Å². The molecule has 0 aliphatic carbocycles. The molecule has 5 nitrogen and oxygen atoms in total. The van der Waals surface area contributed by atoms with Gasteiger partial charge in [0.15, 0.2) is 0 Å². The van der Waals surface area contributed by atoms with Crippen molar-refractivity contribution >= 4 is 11.8 Å². The molecule has 2 fully saturated rings. The van der Waals surface area contributed by atoms with Crippen LogP contribution in [0, 0.1) is 6.92 Å². The fourth-order valence-electron chi connectivity index (χ4n) is 3.10. The van der Waals surface area contributed by atoms with Crippen molar-refractivity contribution in [1.82, 2.24) is 15.1 Å². The maximum absolute atomic E-state index is 12.3. The number of benzene rings is 1. The van der Waals surface area contributed by atoms with Crippen molar-refractivity contribution in [3.8, 4) is 0 Å². The topological polar surface area (TPSA) is 52.7 Å². The van der Waals surface area contributed by atoms with Gasteiger partial charge in [0.2, 0.25) is 11.8 Å². The van der Waals surface area contributed by atoms with Gasteiger partial charge in [0.1, 0.15) is 6.04 Å². The summed E-state index contributed by atoms with van der Waals surface area (Å²) in [5, 5.41) is 2.76. The zero-order valence-corrected chi connectivity index (χ0v) is 13.0. The second-order valence-corrected chi connectivity index (χ2v) is 6.25. The minimum absolute atomic E-state index is 0.00337. The third-order valence-corrected chi connectivity index (χ3v) is 4.50. The third kappa shape index (κ3) is 3.47. The van der Waals surface area contributed by atoms with E-state index in [1.807, 2.05) is 4.90 Å². The molecule has 3 rings (SSSR count). The molecule has 0 unspecified atom stereocenters. The van der Waals surface area contributed by atoms with Crippen molar-refractivity contribution in [2.75, 3.05) is 26.2 Å². The lowest BCUT2D eigenvalue weighted by Crippen LogP contribution is -2.53. The number of nitrogens with zero attached hydrogens (tertiary/aromatic N) is 2. The Bertz CT molecular complexity index is 548. The van der Waals surface area contributed by atoms with E-state index in [0.29, 0.717) is 12.8 Å². The zero-order chi connectivity index (χ0) is 15.5. The predicted octanol–water partition coefficient (Wildman–Crippen LogP) is 0.918. The molecule has 1 aromatic rings. The average molecular weight is 301 g/mol. The predicted molar refractivity (Wildman–Crippen MR) is 84.2 cm³/mol. The molecule has 1 atom stereocenters. The summed E-state index contributed by atoms with van der Waals surface area (Å²) in [4.78, 5) is 27.8. The van der Waals surface area contributed by atoms with Gasteiger partial charge in [-0.1, -0.05) is 29.8 Å². The minimum Gasteiger partial charge on any atom is -0.344 e. The first-order valence-corrected chi connectivity index (χ1v) is 7.98. The number of piperazine rings is 1. The van der Waals surface area contributed by atoms with Gasteiger partial charge in [-0.25, -0.2) is 0 Å². The lowest BCUT2D eigenvalue weighted by atomic mass is 10.1. The quantitative estimate of drug-likeness (QED) is 0.903. The van der Waals surface area contributed by atoms with Gasteiger partial charge >= 0.3 is 0 Å². The van der Waals surface area contributed by atoms with E-state index in [4.69, 9.17) is 0 Å². The van der Waals surface area contributed by atoms with Gasteiger partial charge in [-0.3, -0.25) is 14.5 Å². The van der Waals surface area contributed by atoms with Crippen molar-refractivity contribution in [2.45, 2.75) is 32.4 Å². The summed E-state index contributed by atoms with van der Waals surface area (Å²) in [5.41, 5.74) is 2.59. The van der Waals surface area contributed by atoms with Crippen LogP contribution in [0.2, 0.25) is 0 Å². The monoisotopic (exact) mass is 301 g/mol. The van der Waals surface area contributed by atoms with E-state index in [-0.39, 0.29) is 17.9 Å². The maximum atomic E-state index is 12.3. The first kappa shape index (κ1) is 15.0. The third-order valence-electron chi connectivity index (χ3n) is 4.50.